The molecule has 0 heterocycles. The zero-order valence-corrected chi connectivity index (χ0v) is 12.9. The fraction of sp³-hybridized carbons (Fsp3) is 0.0667. The highest BCUT2D eigenvalue weighted by molar-refractivity contribution is 7.93. The maximum absolute atomic E-state index is 13.4. The molecular weight excluding hydrogens is 362 g/mol. The van der Waals surface area contributed by atoms with E-state index < -0.39 is 31.5 Å². The molecule has 5 nitrogen and oxygen atoms in total. The fourth-order valence-corrected chi connectivity index (χ4v) is 2.61. The highest BCUT2D eigenvalue weighted by Crippen LogP contribution is 2.35. The van der Waals surface area contributed by atoms with Gasteiger partial charge in [-0.25, -0.2) is 18.2 Å². The molecule has 0 fully saturated rings. The van der Waals surface area contributed by atoms with Gasteiger partial charge in [0.2, 0.25) is 0 Å². The Morgan fingerprint density at radius 3 is 2.48 bits per heavy atom. The standard InChI is InChI=1S/C15H7F4N3O2S/c1-22-11-5-10(16)6-12(7-11)24-14-3-2-13(4-9(14)8-20)25(21,23)15(17,18)19/h2-7,21H. The number of ether oxygens (including phenoxy) is 1. The van der Waals surface area contributed by atoms with Crippen LogP contribution in [0.3, 0.4) is 0 Å². The molecule has 1 atom stereocenters. The number of nitriles is 1. The van der Waals surface area contributed by atoms with Crippen LogP contribution in [0.25, 0.3) is 4.85 Å². The molecule has 0 aliphatic heterocycles. The third-order valence-corrected chi connectivity index (χ3v) is 4.51. The van der Waals surface area contributed by atoms with E-state index in [0.717, 1.165) is 24.3 Å². The van der Waals surface area contributed by atoms with Crippen LogP contribution in [-0.2, 0) is 9.73 Å². The third kappa shape index (κ3) is 3.70. The Bertz CT molecular complexity index is 1020. The summed E-state index contributed by atoms with van der Waals surface area (Å²) in [7, 11) is -5.12. The van der Waals surface area contributed by atoms with Crippen LogP contribution in [0.15, 0.2) is 41.3 Å². The van der Waals surface area contributed by atoms with Gasteiger partial charge < -0.3 is 4.74 Å². The highest BCUT2D eigenvalue weighted by atomic mass is 32.2. The normalized spacial score (nSPS) is 13.4. The van der Waals surface area contributed by atoms with E-state index >= 15 is 0 Å². The SMILES string of the molecule is [C-]#[N+]c1cc(F)cc(Oc2ccc(S(=N)(=O)C(F)(F)F)cc2C#N)c1. The van der Waals surface area contributed by atoms with Crippen molar-refractivity contribution in [2.24, 2.45) is 0 Å². The van der Waals surface area contributed by atoms with Gasteiger partial charge >= 0.3 is 5.51 Å². The molecule has 25 heavy (non-hydrogen) atoms. The molecule has 1 N–H and O–H groups in total. The zero-order chi connectivity index (χ0) is 18.8. The van der Waals surface area contributed by atoms with E-state index in [1.807, 2.05) is 0 Å². The Labute approximate surface area is 139 Å². The van der Waals surface area contributed by atoms with Crippen molar-refractivity contribution in [1.29, 1.82) is 10.0 Å². The van der Waals surface area contributed by atoms with E-state index in [2.05, 4.69) is 4.85 Å². The Hall–Kier alpha value is -3.11. The number of nitrogens with one attached hydrogen (secondary N) is 1. The molecule has 0 radical (unpaired) electrons. The molecular formula is C15H7F4N3O2S. The van der Waals surface area contributed by atoms with Crippen molar-refractivity contribution < 1.29 is 26.5 Å². The summed E-state index contributed by atoms with van der Waals surface area (Å²) in [5, 5.41) is 9.06. The minimum atomic E-state index is -5.30. The molecule has 0 saturated carbocycles. The van der Waals surface area contributed by atoms with Crippen LogP contribution < -0.4 is 4.74 Å². The summed E-state index contributed by atoms with van der Waals surface area (Å²) < 4.78 is 75.3. The number of alkyl halides is 3. The first-order chi connectivity index (χ1) is 11.6. The van der Waals surface area contributed by atoms with Gasteiger partial charge in [0.1, 0.15) is 23.4 Å². The topological polar surface area (TPSA) is 78.3 Å². The minimum absolute atomic E-state index is 0.0728. The van der Waals surface area contributed by atoms with Crippen LogP contribution in [0.2, 0.25) is 0 Å². The van der Waals surface area contributed by atoms with Crippen LogP contribution in [0.5, 0.6) is 11.5 Å². The molecule has 2 aromatic carbocycles. The lowest BCUT2D eigenvalue weighted by Crippen LogP contribution is -2.22. The average Bonchev–Trinajstić information content (AvgIpc) is 2.53. The highest BCUT2D eigenvalue weighted by Gasteiger charge is 2.43. The van der Waals surface area contributed by atoms with E-state index in [1.165, 1.54) is 6.07 Å². The van der Waals surface area contributed by atoms with Crippen LogP contribution in [0, 0.1) is 28.5 Å². The molecule has 0 aliphatic carbocycles. The first-order valence-electron chi connectivity index (χ1n) is 6.33. The Kier molecular flexibility index (Phi) is 4.68. The molecule has 0 aromatic heterocycles. The van der Waals surface area contributed by atoms with E-state index in [-0.39, 0.29) is 17.2 Å². The maximum atomic E-state index is 13.4. The predicted octanol–water partition coefficient (Wildman–Crippen LogP) is 4.97. The molecule has 0 amide bonds. The quantitative estimate of drug-likeness (QED) is 0.613. The first kappa shape index (κ1) is 18.2. The Morgan fingerprint density at radius 2 is 1.92 bits per heavy atom. The molecule has 10 heteroatoms. The first-order valence-corrected chi connectivity index (χ1v) is 7.89. The predicted molar refractivity (Wildman–Crippen MR) is 79.1 cm³/mol. The lowest BCUT2D eigenvalue weighted by atomic mass is 10.2. The van der Waals surface area contributed by atoms with Gasteiger partial charge in [0.25, 0.3) is 0 Å². The van der Waals surface area contributed by atoms with Crippen molar-refractivity contribution in [3.8, 4) is 17.6 Å². The number of rotatable bonds is 3. The molecule has 0 spiro atoms. The second kappa shape index (κ2) is 6.42. The number of hydrogen-bond acceptors (Lipinski definition) is 4. The van der Waals surface area contributed by atoms with Crippen molar-refractivity contribution in [3.63, 3.8) is 0 Å². The number of benzene rings is 2. The minimum Gasteiger partial charge on any atom is -0.457 e. The summed E-state index contributed by atoms with van der Waals surface area (Å²) in [6, 6.07) is 6.92. The van der Waals surface area contributed by atoms with Crippen LogP contribution in [0.1, 0.15) is 5.56 Å². The lowest BCUT2D eigenvalue weighted by molar-refractivity contribution is -0.0406. The van der Waals surface area contributed by atoms with Crippen molar-refractivity contribution in [2.75, 3.05) is 0 Å². The van der Waals surface area contributed by atoms with Gasteiger partial charge in [-0.05, 0) is 30.3 Å². The Morgan fingerprint density at radius 1 is 1.24 bits per heavy atom. The van der Waals surface area contributed by atoms with Crippen LogP contribution >= 0.6 is 0 Å². The van der Waals surface area contributed by atoms with Crippen LogP contribution in [-0.4, -0.2) is 9.72 Å². The van der Waals surface area contributed by atoms with Crippen molar-refractivity contribution in [3.05, 3.63) is 59.2 Å². The number of hydrogen-bond donors (Lipinski definition) is 1. The number of halogens is 4. The van der Waals surface area contributed by atoms with E-state index in [1.54, 1.807) is 6.07 Å². The lowest BCUT2D eigenvalue weighted by Gasteiger charge is -2.13. The van der Waals surface area contributed by atoms with E-state index in [4.69, 9.17) is 21.4 Å². The Balaban J connectivity index is 2.47. The number of nitrogens with zero attached hydrogens (tertiary/aromatic N) is 2. The largest absolute Gasteiger partial charge is 0.483 e. The molecule has 0 saturated heterocycles. The van der Waals surface area contributed by atoms with Gasteiger partial charge in [0.05, 0.1) is 17.0 Å². The summed E-state index contributed by atoms with van der Waals surface area (Å²) in [5.74, 6) is -1.15. The molecule has 0 aliphatic rings. The molecule has 1 unspecified atom stereocenters. The van der Waals surface area contributed by atoms with Gasteiger partial charge in [0.15, 0.2) is 15.4 Å². The van der Waals surface area contributed by atoms with Gasteiger partial charge in [0, 0.05) is 6.07 Å². The maximum Gasteiger partial charge on any atom is 0.483 e. The molecule has 128 valence electrons. The third-order valence-electron chi connectivity index (χ3n) is 2.94. The monoisotopic (exact) mass is 369 g/mol. The van der Waals surface area contributed by atoms with Crippen LogP contribution in [0.4, 0.5) is 23.2 Å². The second-order valence-corrected chi connectivity index (χ2v) is 6.68. The van der Waals surface area contributed by atoms with Gasteiger partial charge in [-0.1, -0.05) is 0 Å². The zero-order valence-electron chi connectivity index (χ0n) is 12.1. The average molecular weight is 369 g/mol. The van der Waals surface area contributed by atoms with Gasteiger partial charge in [-0.15, -0.1) is 0 Å². The van der Waals surface area contributed by atoms with Crippen molar-refractivity contribution >= 4 is 15.4 Å². The smallest absolute Gasteiger partial charge is 0.457 e. The fourth-order valence-electron chi connectivity index (χ4n) is 1.80. The van der Waals surface area contributed by atoms with Gasteiger partial charge in [-0.2, -0.15) is 18.4 Å². The van der Waals surface area contributed by atoms with Crippen molar-refractivity contribution in [1.82, 2.24) is 0 Å². The summed E-state index contributed by atoms with van der Waals surface area (Å²) in [6.07, 6.45) is 0. The second-order valence-electron chi connectivity index (χ2n) is 4.63. The van der Waals surface area contributed by atoms with E-state index in [9.17, 15) is 21.8 Å². The summed E-state index contributed by atoms with van der Waals surface area (Å²) in [5.41, 5.74) is -5.79. The molecule has 0 bridgehead atoms. The molecule has 2 aromatic rings. The summed E-state index contributed by atoms with van der Waals surface area (Å²) in [4.78, 5) is 2.13. The summed E-state index contributed by atoms with van der Waals surface area (Å²) in [6.45, 7) is 6.84. The van der Waals surface area contributed by atoms with E-state index in [0.29, 0.717) is 6.07 Å². The van der Waals surface area contributed by atoms with Crippen molar-refractivity contribution in [2.45, 2.75) is 10.4 Å². The van der Waals surface area contributed by atoms with Gasteiger partial charge in [-0.3, -0.25) is 0 Å². The molecule has 2 rings (SSSR count). The summed E-state index contributed by atoms with van der Waals surface area (Å²) >= 11 is 0.